The highest BCUT2D eigenvalue weighted by Gasteiger charge is 2.09. The van der Waals surface area contributed by atoms with Crippen molar-refractivity contribution in [3.63, 3.8) is 0 Å². The number of hydrogen-bond donors (Lipinski definition) is 1. The molecule has 0 aliphatic rings. The van der Waals surface area contributed by atoms with E-state index in [2.05, 4.69) is 5.32 Å². The summed E-state index contributed by atoms with van der Waals surface area (Å²) >= 11 is 7.13. The minimum absolute atomic E-state index is 0.139. The van der Waals surface area contributed by atoms with E-state index in [9.17, 15) is 9.59 Å². The zero-order chi connectivity index (χ0) is 17.4. The van der Waals surface area contributed by atoms with Gasteiger partial charge >= 0.3 is 5.97 Å². The summed E-state index contributed by atoms with van der Waals surface area (Å²) in [6, 6.07) is 14.7. The normalized spacial score (nSPS) is 10.2. The maximum Gasteiger partial charge on any atom is 0.316 e. The standard InChI is InChI=1S/C18H18ClNO3S/c1-2-13-4-3-5-15(10-13)20-17(21)11-23-18(22)12-24-16-8-6-14(19)7-9-16/h3-10H,2,11-12H2,1H3,(H,20,21). The number of carbonyl (C=O) groups is 2. The second kappa shape index (κ2) is 9.35. The summed E-state index contributed by atoms with van der Waals surface area (Å²) in [7, 11) is 0. The van der Waals surface area contributed by atoms with Gasteiger partial charge in [0.15, 0.2) is 6.61 Å². The Morgan fingerprint density at radius 3 is 2.62 bits per heavy atom. The van der Waals surface area contributed by atoms with Gasteiger partial charge in [-0.2, -0.15) is 0 Å². The molecular formula is C18H18ClNO3S. The van der Waals surface area contributed by atoms with Crippen LogP contribution >= 0.6 is 23.4 Å². The highest BCUT2D eigenvalue weighted by molar-refractivity contribution is 8.00. The Labute approximate surface area is 150 Å². The molecule has 0 saturated heterocycles. The third kappa shape index (κ3) is 6.26. The molecule has 24 heavy (non-hydrogen) atoms. The van der Waals surface area contributed by atoms with Crippen LogP contribution in [0.5, 0.6) is 0 Å². The molecule has 0 aliphatic heterocycles. The molecule has 0 aliphatic carbocycles. The van der Waals surface area contributed by atoms with E-state index >= 15 is 0 Å². The van der Waals surface area contributed by atoms with E-state index < -0.39 is 5.97 Å². The molecule has 0 heterocycles. The summed E-state index contributed by atoms with van der Waals surface area (Å²) in [6.07, 6.45) is 0.890. The lowest BCUT2D eigenvalue weighted by Gasteiger charge is -2.08. The van der Waals surface area contributed by atoms with Crippen molar-refractivity contribution in [1.29, 1.82) is 0 Å². The predicted molar refractivity (Wildman–Crippen MR) is 97.6 cm³/mol. The van der Waals surface area contributed by atoms with E-state index in [1.807, 2.05) is 37.3 Å². The van der Waals surface area contributed by atoms with Crippen LogP contribution in [0.4, 0.5) is 5.69 Å². The Balaban J connectivity index is 1.72. The lowest BCUT2D eigenvalue weighted by molar-refractivity contribution is -0.144. The van der Waals surface area contributed by atoms with Crippen LogP contribution in [0.2, 0.25) is 5.02 Å². The number of hydrogen-bond acceptors (Lipinski definition) is 4. The number of rotatable bonds is 7. The van der Waals surface area contributed by atoms with Crippen LogP contribution in [0.3, 0.4) is 0 Å². The number of nitrogens with one attached hydrogen (secondary N) is 1. The van der Waals surface area contributed by atoms with E-state index in [-0.39, 0.29) is 18.3 Å². The lowest BCUT2D eigenvalue weighted by Crippen LogP contribution is -2.21. The Morgan fingerprint density at radius 1 is 1.17 bits per heavy atom. The van der Waals surface area contributed by atoms with E-state index in [4.69, 9.17) is 16.3 Å². The van der Waals surface area contributed by atoms with E-state index in [0.29, 0.717) is 10.7 Å². The van der Waals surface area contributed by atoms with Gasteiger partial charge in [-0.3, -0.25) is 9.59 Å². The predicted octanol–water partition coefficient (Wildman–Crippen LogP) is 4.18. The first kappa shape index (κ1) is 18.4. The topological polar surface area (TPSA) is 55.4 Å². The number of amides is 1. The molecule has 0 bridgehead atoms. The SMILES string of the molecule is CCc1cccc(NC(=O)COC(=O)CSc2ccc(Cl)cc2)c1. The van der Waals surface area contributed by atoms with Gasteiger partial charge in [0.25, 0.3) is 5.91 Å². The monoisotopic (exact) mass is 363 g/mol. The van der Waals surface area contributed by atoms with Gasteiger partial charge < -0.3 is 10.1 Å². The van der Waals surface area contributed by atoms with Crippen molar-refractivity contribution in [2.75, 3.05) is 17.7 Å². The van der Waals surface area contributed by atoms with Crippen molar-refractivity contribution in [2.45, 2.75) is 18.2 Å². The summed E-state index contributed by atoms with van der Waals surface area (Å²) in [5.74, 6) is -0.652. The minimum Gasteiger partial charge on any atom is -0.455 e. The van der Waals surface area contributed by atoms with Gasteiger partial charge in [0.2, 0.25) is 0 Å². The fourth-order valence-electron chi connectivity index (χ4n) is 1.93. The van der Waals surface area contributed by atoms with Crippen LogP contribution in [-0.4, -0.2) is 24.2 Å². The number of ether oxygens (including phenoxy) is 1. The van der Waals surface area contributed by atoms with Gasteiger partial charge in [0.1, 0.15) is 0 Å². The number of carbonyl (C=O) groups excluding carboxylic acids is 2. The van der Waals surface area contributed by atoms with Crippen molar-refractivity contribution in [3.05, 3.63) is 59.1 Å². The van der Waals surface area contributed by atoms with Crippen molar-refractivity contribution < 1.29 is 14.3 Å². The third-order valence-electron chi connectivity index (χ3n) is 3.15. The zero-order valence-electron chi connectivity index (χ0n) is 13.3. The van der Waals surface area contributed by atoms with Gasteiger partial charge in [-0.05, 0) is 48.4 Å². The summed E-state index contributed by atoms with van der Waals surface area (Å²) in [4.78, 5) is 24.4. The largest absolute Gasteiger partial charge is 0.455 e. The average Bonchev–Trinajstić information content (AvgIpc) is 2.59. The Kier molecular flexibility index (Phi) is 7.15. The van der Waals surface area contributed by atoms with Crippen LogP contribution in [0, 0.1) is 0 Å². The highest BCUT2D eigenvalue weighted by atomic mass is 35.5. The number of aryl methyl sites for hydroxylation is 1. The molecule has 2 aromatic rings. The van der Waals surface area contributed by atoms with Crippen molar-refractivity contribution in [3.8, 4) is 0 Å². The molecule has 0 fully saturated rings. The van der Waals surface area contributed by atoms with Gasteiger partial charge in [-0.25, -0.2) is 0 Å². The van der Waals surface area contributed by atoms with Crippen LogP contribution in [0.15, 0.2) is 53.4 Å². The molecule has 0 unspecified atom stereocenters. The van der Waals surface area contributed by atoms with Gasteiger partial charge in [0, 0.05) is 15.6 Å². The maximum absolute atomic E-state index is 11.8. The Morgan fingerprint density at radius 2 is 1.92 bits per heavy atom. The molecule has 1 amide bonds. The fraction of sp³-hybridized carbons (Fsp3) is 0.222. The minimum atomic E-state index is -0.438. The van der Waals surface area contributed by atoms with E-state index in [1.54, 1.807) is 18.2 Å². The molecule has 2 rings (SSSR count). The van der Waals surface area contributed by atoms with Crippen LogP contribution < -0.4 is 5.32 Å². The molecule has 0 radical (unpaired) electrons. The molecular weight excluding hydrogens is 346 g/mol. The molecule has 2 aromatic carbocycles. The molecule has 1 N–H and O–H groups in total. The second-order valence-corrected chi connectivity index (χ2v) is 6.49. The molecule has 0 spiro atoms. The summed E-state index contributed by atoms with van der Waals surface area (Å²) in [5, 5.41) is 3.36. The number of benzene rings is 2. The van der Waals surface area contributed by atoms with Crippen molar-refractivity contribution in [2.24, 2.45) is 0 Å². The summed E-state index contributed by atoms with van der Waals surface area (Å²) in [6.45, 7) is 1.75. The van der Waals surface area contributed by atoms with Gasteiger partial charge in [-0.1, -0.05) is 30.7 Å². The molecule has 0 atom stereocenters. The zero-order valence-corrected chi connectivity index (χ0v) is 14.8. The van der Waals surface area contributed by atoms with Crippen LogP contribution in [0.1, 0.15) is 12.5 Å². The first-order valence-corrected chi connectivity index (χ1v) is 8.86. The molecule has 4 nitrogen and oxygen atoms in total. The number of thioether (sulfide) groups is 1. The lowest BCUT2D eigenvalue weighted by atomic mass is 10.1. The van der Waals surface area contributed by atoms with Gasteiger partial charge in [0.05, 0.1) is 5.75 Å². The van der Waals surface area contributed by atoms with E-state index in [0.717, 1.165) is 16.9 Å². The van der Waals surface area contributed by atoms with Gasteiger partial charge in [-0.15, -0.1) is 11.8 Å². The van der Waals surface area contributed by atoms with E-state index in [1.165, 1.54) is 11.8 Å². The maximum atomic E-state index is 11.8. The molecule has 126 valence electrons. The van der Waals surface area contributed by atoms with Crippen molar-refractivity contribution >= 4 is 40.9 Å². The Hall–Kier alpha value is -1.98. The van der Waals surface area contributed by atoms with Crippen LogP contribution in [0.25, 0.3) is 0 Å². The fourth-order valence-corrected chi connectivity index (χ4v) is 2.75. The van der Waals surface area contributed by atoms with Crippen molar-refractivity contribution in [1.82, 2.24) is 0 Å². The Bertz CT molecular complexity index is 704. The smallest absolute Gasteiger partial charge is 0.316 e. The third-order valence-corrected chi connectivity index (χ3v) is 4.39. The average molecular weight is 364 g/mol. The second-order valence-electron chi connectivity index (χ2n) is 5.01. The number of esters is 1. The first-order valence-electron chi connectivity index (χ1n) is 7.49. The molecule has 0 saturated carbocycles. The highest BCUT2D eigenvalue weighted by Crippen LogP contribution is 2.20. The van der Waals surface area contributed by atoms with Crippen LogP contribution in [-0.2, 0) is 20.7 Å². The number of anilines is 1. The number of halogens is 1. The molecule has 6 heteroatoms. The molecule has 0 aromatic heterocycles. The first-order chi connectivity index (χ1) is 11.6. The quantitative estimate of drug-likeness (QED) is 0.592. The summed E-state index contributed by atoms with van der Waals surface area (Å²) < 4.78 is 4.98. The summed E-state index contributed by atoms with van der Waals surface area (Å²) in [5.41, 5.74) is 1.83.